The van der Waals surface area contributed by atoms with E-state index in [-0.39, 0.29) is 18.0 Å². The van der Waals surface area contributed by atoms with Crippen molar-refractivity contribution in [3.63, 3.8) is 0 Å². The predicted octanol–water partition coefficient (Wildman–Crippen LogP) is 1.98. The molecule has 2 aliphatic rings. The zero-order valence-corrected chi connectivity index (χ0v) is 15.5. The van der Waals surface area contributed by atoms with Crippen LogP contribution in [0.2, 0.25) is 0 Å². The molecule has 2 fully saturated rings. The van der Waals surface area contributed by atoms with Gasteiger partial charge < -0.3 is 9.32 Å². The quantitative estimate of drug-likeness (QED) is 0.860. The second kappa shape index (κ2) is 7.88. The number of amides is 1. The van der Waals surface area contributed by atoms with Gasteiger partial charge in [-0.15, -0.1) is 0 Å². The summed E-state index contributed by atoms with van der Waals surface area (Å²) in [5.74, 6) is -0.0608. The Kier molecular flexibility index (Phi) is 5.81. The van der Waals surface area contributed by atoms with E-state index in [2.05, 4.69) is 4.72 Å². The Hall–Kier alpha value is -1.38. The van der Waals surface area contributed by atoms with Crippen molar-refractivity contribution in [2.24, 2.45) is 0 Å². The Labute approximate surface area is 149 Å². The van der Waals surface area contributed by atoms with Crippen molar-refractivity contribution in [2.75, 3.05) is 20.1 Å². The van der Waals surface area contributed by atoms with Gasteiger partial charge in [0.1, 0.15) is 6.26 Å². The maximum absolute atomic E-state index is 12.6. The van der Waals surface area contributed by atoms with Crippen LogP contribution in [0.5, 0.6) is 0 Å². The fraction of sp³-hybridized carbons (Fsp3) is 0.706. The molecule has 1 aromatic rings. The molecule has 1 aromatic heterocycles. The Morgan fingerprint density at radius 2 is 1.88 bits per heavy atom. The molecule has 0 aromatic carbocycles. The van der Waals surface area contributed by atoms with Gasteiger partial charge in [-0.25, -0.2) is 0 Å². The highest BCUT2D eigenvalue weighted by molar-refractivity contribution is 7.87. The number of carbonyl (C=O) groups excluding carboxylic acids is 1. The van der Waals surface area contributed by atoms with Crippen LogP contribution in [0.25, 0.3) is 0 Å². The topological polar surface area (TPSA) is 82.9 Å². The predicted molar refractivity (Wildman–Crippen MR) is 94.3 cm³/mol. The van der Waals surface area contributed by atoms with Crippen LogP contribution in [0, 0.1) is 0 Å². The van der Waals surface area contributed by atoms with Crippen molar-refractivity contribution >= 4 is 16.1 Å². The first-order valence-corrected chi connectivity index (χ1v) is 10.5. The first-order valence-electron chi connectivity index (χ1n) is 9.04. The lowest BCUT2D eigenvalue weighted by atomic mass is 9.96. The summed E-state index contributed by atoms with van der Waals surface area (Å²) in [5.41, 5.74) is 0.538. The maximum Gasteiger partial charge on any atom is 0.279 e. The van der Waals surface area contributed by atoms with E-state index in [1.54, 1.807) is 18.0 Å². The second-order valence-corrected chi connectivity index (χ2v) is 8.77. The molecule has 25 heavy (non-hydrogen) atoms. The van der Waals surface area contributed by atoms with Gasteiger partial charge in [0.05, 0.1) is 11.8 Å². The number of hydrogen-bond acceptors (Lipinski definition) is 4. The summed E-state index contributed by atoms with van der Waals surface area (Å²) in [7, 11) is -1.80. The molecule has 7 nitrogen and oxygen atoms in total. The largest absolute Gasteiger partial charge is 0.472 e. The van der Waals surface area contributed by atoms with E-state index in [1.165, 1.54) is 23.3 Å². The van der Waals surface area contributed by atoms with Crippen LogP contribution in [0.15, 0.2) is 23.0 Å². The van der Waals surface area contributed by atoms with Crippen LogP contribution in [-0.2, 0) is 10.2 Å². The van der Waals surface area contributed by atoms with Gasteiger partial charge in [-0.3, -0.25) is 4.79 Å². The first kappa shape index (κ1) is 18.4. The molecule has 1 aliphatic heterocycles. The third-order valence-corrected chi connectivity index (χ3v) is 7.02. The molecule has 1 saturated heterocycles. The Morgan fingerprint density at radius 1 is 1.20 bits per heavy atom. The molecule has 8 heteroatoms. The molecule has 0 unspecified atom stereocenters. The molecule has 1 N–H and O–H groups in total. The van der Waals surface area contributed by atoms with Crippen molar-refractivity contribution in [3.05, 3.63) is 24.2 Å². The van der Waals surface area contributed by atoms with Crippen LogP contribution in [0.3, 0.4) is 0 Å². The van der Waals surface area contributed by atoms with Gasteiger partial charge in [0.15, 0.2) is 0 Å². The zero-order valence-electron chi connectivity index (χ0n) is 14.7. The number of hydrogen-bond donors (Lipinski definition) is 1. The summed E-state index contributed by atoms with van der Waals surface area (Å²) in [4.78, 5) is 14.0. The van der Waals surface area contributed by atoms with Gasteiger partial charge in [-0.1, -0.05) is 19.3 Å². The highest BCUT2D eigenvalue weighted by Gasteiger charge is 2.31. The van der Waals surface area contributed by atoms with Gasteiger partial charge in [0.25, 0.3) is 16.1 Å². The van der Waals surface area contributed by atoms with E-state index in [0.29, 0.717) is 31.5 Å². The highest BCUT2D eigenvalue weighted by atomic mass is 32.2. The maximum atomic E-state index is 12.6. The van der Waals surface area contributed by atoms with Crippen LogP contribution in [0.4, 0.5) is 0 Å². The van der Waals surface area contributed by atoms with Crippen molar-refractivity contribution < 1.29 is 17.6 Å². The summed E-state index contributed by atoms with van der Waals surface area (Å²) in [6, 6.07) is 1.63. The smallest absolute Gasteiger partial charge is 0.279 e. The standard InChI is InChI=1S/C17H27N3O4S/c1-19(16-5-3-2-4-6-16)25(22,23)18-15-7-10-20(11-8-15)17(21)14-9-12-24-13-14/h9,12-13,15-16,18H,2-8,10-11H2,1H3. The Morgan fingerprint density at radius 3 is 2.48 bits per heavy atom. The van der Waals surface area contributed by atoms with E-state index in [1.807, 2.05) is 0 Å². The lowest BCUT2D eigenvalue weighted by Crippen LogP contribution is -2.51. The van der Waals surface area contributed by atoms with Crippen LogP contribution in [-0.4, -0.2) is 55.8 Å². The van der Waals surface area contributed by atoms with Crippen LogP contribution in [0.1, 0.15) is 55.3 Å². The summed E-state index contributed by atoms with van der Waals surface area (Å²) in [6.07, 6.45) is 9.44. The summed E-state index contributed by atoms with van der Waals surface area (Å²) >= 11 is 0. The van der Waals surface area contributed by atoms with Crippen molar-refractivity contribution in [2.45, 2.75) is 57.0 Å². The fourth-order valence-electron chi connectivity index (χ4n) is 3.70. The fourth-order valence-corrected chi connectivity index (χ4v) is 5.13. The molecule has 0 radical (unpaired) electrons. The number of carbonyl (C=O) groups is 1. The van der Waals surface area contributed by atoms with Gasteiger partial charge in [-0.2, -0.15) is 17.4 Å². The third kappa shape index (κ3) is 4.43. The minimum Gasteiger partial charge on any atom is -0.472 e. The molecule has 0 bridgehead atoms. The first-order chi connectivity index (χ1) is 12.0. The van der Waals surface area contributed by atoms with Crippen LogP contribution < -0.4 is 4.72 Å². The number of furan rings is 1. The molecular formula is C17H27N3O4S. The number of nitrogens with zero attached hydrogens (tertiary/aromatic N) is 2. The summed E-state index contributed by atoms with van der Waals surface area (Å²) < 4.78 is 34.5. The molecule has 2 heterocycles. The average Bonchev–Trinajstić information content (AvgIpc) is 3.16. The second-order valence-electron chi connectivity index (χ2n) is 7.01. The molecule has 1 aliphatic carbocycles. The minimum absolute atomic E-state index is 0.0608. The highest BCUT2D eigenvalue weighted by Crippen LogP contribution is 2.24. The van der Waals surface area contributed by atoms with E-state index < -0.39 is 10.2 Å². The van der Waals surface area contributed by atoms with Gasteiger partial charge in [0, 0.05) is 32.2 Å². The normalized spacial score (nSPS) is 21.0. The third-order valence-electron chi connectivity index (χ3n) is 5.33. The molecule has 0 spiro atoms. The number of likely N-dealkylation sites (tertiary alicyclic amines) is 1. The van der Waals surface area contributed by atoms with Crippen molar-refractivity contribution in [1.29, 1.82) is 0 Å². The average molecular weight is 369 g/mol. The molecular weight excluding hydrogens is 342 g/mol. The number of piperidine rings is 1. The summed E-state index contributed by atoms with van der Waals surface area (Å²) in [6.45, 7) is 1.09. The van der Waals surface area contributed by atoms with Gasteiger partial charge >= 0.3 is 0 Å². The van der Waals surface area contributed by atoms with E-state index >= 15 is 0 Å². The number of nitrogens with one attached hydrogen (secondary N) is 1. The van der Waals surface area contributed by atoms with Gasteiger partial charge in [-0.05, 0) is 31.7 Å². The lowest BCUT2D eigenvalue weighted by Gasteiger charge is -2.35. The van der Waals surface area contributed by atoms with Gasteiger partial charge in [0.2, 0.25) is 0 Å². The molecule has 0 atom stereocenters. The van der Waals surface area contributed by atoms with Crippen molar-refractivity contribution in [1.82, 2.24) is 13.9 Å². The van der Waals surface area contributed by atoms with Crippen LogP contribution >= 0.6 is 0 Å². The molecule has 140 valence electrons. The van der Waals surface area contributed by atoms with Crippen molar-refractivity contribution in [3.8, 4) is 0 Å². The Bertz CT molecular complexity index is 660. The van der Waals surface area contributed by atoms with E-state index in [0.717, 1.165) is 25.7 Å². The van der Waals surface area contributed by atoms with E-state index in [9.17, 15) is 13.2 Å². The minimum atomic E-state index is -3.48. The molecule has 3 rings (SSSR count). The summed E-state index contributed by atoms with van der Waals surface area (Å²) in [5, 5.41) is 0. The lowest BCUT2D eigenvalue weighted by molar-refractivity contribution is 0.0710. The zero-order chi connectivity index (χ0) is 17.9. The SMILES string of the molecule is CN(C1CCCCC1)S(=O)(=O)NC1CCN(C(=O)c2ccoc2)CC1. The monoisotopic (exact) mass is 369 g/mol. The van der Waals surface area contributed by atoms with E-state index in [4.69, 9.17) is 4.42 Å². The molecule has 1 amide bonds. The Balaban J connectivity index is 1.51. The number of rotatable bonds is 5. The molecule has 1 saturated carbocycles.